The smallest absolute Gasteiger partial charge is 0.105 e. The Morgan fingerprint density at radius 3 is 2.61 bits per heavy atom. The molecule has 3 atom stereocenters. The number of ether oxygens (including phenoxy) is 1. The molecule has 0 aliphatic carbocycles. The minimum Gasteiger partial charge on any atom is -0.386 e. The molecule has 1 aromatic rings. The fourth-order valence-electron chi connectivity index (χ4n) is 2.73. The van der Waals surface area contributed by atoms with Crippen LogP contribution in [0.25, 0.3) is 0 Å². The predicted octanol–water partition coefficient (Wildman–Crippen LogP) is 3.41. The van der Waals surface area contributed by atoms with Crippen molar-refractivity contribution < 1.29 is 9.84 Å². The van der Waals surface area contributed by atoms with Gasteiger partial charge in [0.1, 0.15) is 6.10 Å². The quantitative estimate of drug-likeness (QED) is 0.884. The highest BCUT2D eigenvalue weighted by Crippen LogP contribution is 2.32. The van der Waals surface area contributed by atoms with Crippen LogP contribution in [0.5, 0.6) is 0 Å². The fraction of sp³-hybridized carbons (Fsp3) is 0.625. The van der Waals surface area contributed by atoms with E-state index in [1.807, 2.05) is 0 Å². The summed E-state index contributed by atoms with van der Waals surface area (Å²) in [7, 11) is 0. The molecule has 1 N–H and O–H groups in total. The second-order valence-electron chi connectivity index (χ2n) is 5.25. The summed E-state index contributed by atoms with van der Waals surface area (Å²) in [5.41, 5.74) is 3.59. The SMILES string of the molecule is CCc1ccc(CC)c(C(O)C2CCC(C)O2)c1. The minimum absolute atomic E-state index is 0.0302. The van der Waals surface area contributed by atoms with Gasteiger partial charge >= 0.3 is 0 Å². The Labute approximate surface area is 110 Å². The van der Waals surface area contributed by atoms with Crippen molar-refractivity contribution >= 4 is 0 Å². The molecule has 2 rings (SSSR count). The van der Waals surface area contributed by atoms with Crippen molar-refractivity contribution in [2.24, 2.45) is 0 Å². The van der Waals surface area contributed by atoms with Crippen LogP contribution in [0.3, 0.4) is 0 Å². The van der Waals surface area contributed by atoms with Crippen LogP contribution in [0.15, 0.2) is 18.2 Å². The van der Waals surface area contributed by atoms with Crippen LogP contribution >= 0.6 is 0 Å². The number of aryl methyl sites for hydroxylation is 2. The summed E-state index contributed by atoms with van der Waals surface area (Å²) in [4.78, 5) is 0. The van der Waals surface area contributed by atoms with Gasteiger partial charge in [0, 0.05) is 0 Å². The van der Waals surface area contributed by atoms with Gasteiger partial charge < -0.3 is 9.84 Å². The van der Waals surface area contributed by atoms with Crippen molar-refractivity contribution in [3.05, 3.63) is 34.9 Å². The van der Waals surface area contributed by atoms with E-state index in [1.54, 1.807) is 0 Å². The number of benzene rings is 1. The molecule has 0 radical (unpaired) electrons. The van der Waals surface area contributed by atoms with Gasteiger partial charge in [-0.3, -0.25) is 0 Å². The molecule has 100 valence electrons. The maximum Gasteiger partial charge on any atom is 0.105 e. The summed E-state index contributed by atoms with van der Waals surface area (Å²) >= 11 is 0. The summed E-state index contributed by atoms with van der Waals surface area (Å²) < 4.78 is 5.80. The third kappa shape index (κ3) is 2.76. The molecule has 1 aromatic carbocycles. The molecule has 0 aromatic heterocycles. The molecular weight excluding hydrogens is 224 g/mol. The molecule has 0 spiro atoms. The van der Waals surface area contributed by atoms with Crippen LogP contribution in [-0.4, -0.2) is 17.3 Å². The Bertz CT molecular complexity index is 400. The molecule has 1 aliphatic rings. The lowest BCUT2D eigenvalue weighted by atomic mass is 9.93. The van der Waals surface area contributed by atoms with Gasteiger partial charge in [-0.1, -0.05) is 32.0 Å². The number of hydrogen-bond acceptors (Lipinski definition) is 2. The summed E-state index contributed by atoms with van der Waals surface area (Å²) in [6.07, 6.45) is 3.75. The molecule has 1 heterocycles. The Hall–Kier alpha value is -0.860. The van der Waals surface area contributed by atoms with Gasteiger partial charge in [-0.2, -0.15) is 0 Å². The second kappa shape index (κ2) is 5.85. The maximum absolute atomic E-state index is 10.5. The zero-order valence-electron chi connectivity index (χ0n) is 11.6. The highest BCUT2D eigenvalue weighted by Gasteiger charge is 2.30. The molecule has 0 bridgehead atoms. The summed E-state index contributed by atoms with van der Waals surface area (Å²) in [5, 5.41) is 10.5. The normalized spacial score (nSPS) is 25.3. The van der Waals surface area contributed by atoms with E-state index >= 15 is 0 Å². The first-order valence-corrected chi connectivity index (χ1v) is 7.10. The molecule has 2 nitrogen and oxygen atoms in total. The van der Waals surface area contributed by atoms with Crippen LogP contribution < -0.4 is 0 Å². The van der Waals surface area contributed by atoms with Gasteiger partial charge in [-0.25, -0.2) is 0 Å². The average molecular weight is 248 g/mol. The van der Waals surface area contributed by atoms with Gasteiger partial charge in [-0.05, 0) is 49.3 Å². The lowest BCUT2D eigenvalue weighted by molar-refractivity contribution is -0.0300. The highest BCUT2D eigenvalue weighted by molar-refractivity contribution is 5.34. The van der Waals surface area contributed by atoms with Gasteiger partial charge in [0.2, 0.25) is 0 Å². The number of aliphatic hydroxyl groups excluding tert-OH is 1. The van der Waals surface area contributed by atoms with E-state index in [0.29, 0.717) is 0 Å². The summed E-state index contributed by atoms with van der Waals surface area (Å²) in [6, 6.07) is 6.46. The van der Waals surface area contributed by atoms with E-state index in [0.717, 1.165) is 31.2 Å². The van der Waals surface area contributed by atoms with Crippen molar-refractivity contribution in [1.82, 2.24) is 0 Å². The van der Waals surface area contributed by atoms with Gasteiger partial charge in [-0.15, -0.1) is 0 Å². The van der Waals surface area contributed by atoms with E-state index in [1.165, 1.54) is 11.1 Å². The van der Waals surface area contributed by atoms with Crippen LogP contribution in [0.2, 0.25) is 0 Å². The first-order chi connectivity index (χ1) is 8.65. The van der Waals surface area contributed by atoms with Crippen LogP contribution in [-0.2, 0) is 17.6 Å². The Morgan fingerprint density at radius 1 is 1.28 bits per heavy atom. The van der Waals surface area contributed by atoms with E-state index in [4.69, 9.17) is 4.74 Å². The van der Waals surface area contributed by atoms with E-state index in [9.17, 15) is 5.11 Å². The van der Waals surface area contributed by atoms with Crippen LogP contribution in [0, 0.1) is 0 Å². The third-order valence-corrected chi connectivity index (χ3v) is 3.94. The third-order valence-electron chi connectivity index (χ3n) is 3.94. The number of hydrogen-bond donors (Lipinski definition) is 1. The first kappa shape index (κ1) is 13.6. The molecule has 0 amide bonds. The largest absolute Gasteiger partial charge is 0.386 e. The van der Waals surface area contributed by atoms with Crippen molar-refractivity contribution in [3.8, 4) is 0 Å². The van der Waals surface area contributed by atoms with Crippen LogP contribution in [0.4, 0.5) is 0 Å². The molecular formula is C16H24O2. The zero-order chi connectivity index (χ0) is 13.1. The minimum atomic E-state index is -0.476. The average Bonchev–Trinajstić information content (AvgIpc) is 2.83. The summed E-state index contributed by atoms with van der Waals surface area (Å²) in [6.45, 7) is 6.36. The van der Waals surface area contributed by atoms with Crippen molar-refractivity contribution in [2.45, 2.75) is 64.8 Å². The monoisotopic (exact) mass is 248 g/mol. The number of rotatable bonds is 4. The van der Waals surface area contributed by atoms with Crippen molar-refractivity contribution in [1.29, 1.82) is 0 Å². The fourth-order valence-corrected chi connectivity index (χ4v) is 2.73. The second-order valence-corrected chi connectivity index (χ2v) is 5.25. The van der Waals surface area contributed by atoms with Crippen molar-refractivity contribution in [2.75, 3.05) is 0 Å². The Balaban J connectivity index is 2.24. The molecule has 1 aliphatic heterocycles. The molecule has 3 unspecified atom stereocenters. The van der Waals surface area contributed by atoms with Crippen LogP contribution in [0.1, 0.15) is 56.4 Å². The molecule has 1 saturated heterocycles. The zero-order valence-corrected chi connectivity index (χ0v) is 11.6. The highest BCUT2D eigenvalue weighted by atomic mass is 16.5. The van der Waals surface area contributed by atoms with Gasteiger partial charge in [0.25, 0.3) is 0 Å². The van der Waals surface area contributed by atoms with E-state index in [-0.39, 0.29) is 12.2 Å². The Kier molecular flexibility index (Phi) is 4.41. The van der Waals surface area contributed by atoms with Gasteiger partial charge in [0.05, 0.1) is 12.2 Å². The van der Waals surface area contributed by atoms with E-state index < -0.39 is 6.10 Å². The topological polar surface area (TPSA) is 29.5 Å². The standard InChI is InChI=1S/C16H24O2/c1-4-12-7-8-13(5-2)14(10-12)16(17)15-9-6-11(3)18-15/h7-8,10-11,15-17H,4-6,9H2,1-3H3. The van der Waals surface area contributed by atoms with Crippen molar-refractivity contribution in [3.63, 3.8) is 0 Å². The lowest BCUT2D eigenvalue weighted by Crippen LogP contribution is -2.20. The molecule has 0 saturated carbocycles. The predicted molar refractivity (Wildman–Crippen MR) is 73.7 cm³/mol. The number of aliphatic hydroxyl groups is 1. The van der Waals surface area contributed by atoms with Gasteiger partial charge in [0.15, 0.2) is 0 Å². The van der Waals surface area contributed by atoms with E-state index in [2.05, 4.69) is 39.0 Å². The molecule has 18 heavy (non-hydrogen) atoms. The first-order valence-electron chi connectivity index (χ1n) is 7.10. The Morgan fingerprint density at radius 2 is 2.06 bits per heavy atom. The molecule has 2 heteroatoms. The molecule has 1 fully saturated rings. The lowest BCUT2D eigenvalue weighted by Gasteiger charge is -2.22. The summed E-state index contributed by atoms with van der Waals surface area (Å²) in [5.74, 6) is 0. The maximum atomic E-state index is 10.5.